The van der Waals surface area contributed by atoms with Gasteiger partial charge in [-0.05, 0) is 36.6 Å². The molecule has 1 N–H and O–H groups in total. The first-order valence-corrected chi connectivity index (χ1v) is 6.73. The minimum atomic E-state index is -0.496. The molecule has 110 valence electrons. The van der Waals surface area contributed by atoms with Crippen LogP contribution in [-0.2, 0) is 11.3 Å². The molecule has 4 heteroatoms. The molecule has 2 aromatic carbocycles. The average molecular weight is 285 g/mol. The molecule has 0 aliphatic carbocycles. The van der Waals surface area contributed by atoms with Crippen molar-refractivity contribution in [1.29, 1.82) is 0 Å². The number of amides is 1. The number of hydrogen-bond donors (Lipinski definition) is 1. The number of rotatable bonds is 4. The zero-order valence-electron chi connectivity index (χ0n) is 12.5. The maximum absolute atomic E-state index is 11.9. The Morgan fingerprint density at radius 2 is 1.86 bits per heavy atom. The van der Waals surface area contributed by atoms with Crippen LogP contribution in [0.2, 0.25) is 0 Å². The molecule has 0 unspecified atom stereocenters. The zero-order valence-corrected chi connectivity index (χ0v) is 12.5. The van der Waals surface area contributed by atoms with E-state index in [4.69, 9.17) is 9.47 Å². The van der Waals surface area contributed by atoms with Gasteiger partial charge in [-0.2, -0.15) is 0 Å². The molecule has 0 aromatic heterocycles. The number of carbonyl (C=O) groups is 1. The van der Waals surface area contributed by atoms with E-state index in [0.29, 0.717) is 11.4 Å². The SMILES string of the molecule is COc1cc(C)cc(C)c1NC(=O)OCc1ccccc1. The van der Waals surface area contributed by atoms with E-state index in [9.17, 15) is 4.79 Å². The molecule has 0 aliphatic rings. The third kappa shape index (κ3) is 3.99. The summed E-state index contributed by atoms with van der Waals surface area (Å²) >= 11 is 0. The Hall–Kier alpha value is -2.49. The van der Waals surface area contributed by atoms with E-state index < -0.39 is 6.09 Å². The van der Waals surface area contributed by atoms with Crippen LogP contribution in [0.1, 0.15) is 16.7 Å². The molecule has 0 radical (unpaired) electrons. The fourth-order valence-corrected chi connectivity index (χ4v) is 2.11. The fourth-order valence-electron chi connectivity index (χ4n) is 2.11. The highest BCUT2D eigenvalue weighted by atomic mass is 16.5. The van der Waals surface area contributed by atoms with Crippen molar-refractivity contribution < 1.29 is 14.3 Å². The van der Waals surface area contributed by atoms with Crippen LogP contribution >= 0.6 is 0 Å². The van der Waals surface area contributed by atoms with Gasteiger partial charge in [-0.25, -0.2) is 4.79 Å². The van der Waals surface area contributed by atoms with Gasteiger partial charge in [-0.1, -0.05) is 36.4 Å². The van der Waals surface area contributed by atoms with Crippen LogP contribution in [0.3, 0.4) is 0 Å². The minimum Gasteiger partial charge on any atom is -0.495 e. The number of nitrogens with one attached hydrogen (secondary N) is 1. The van der Waals surface area contributed by atoms with E-state index in [2.05, 4.69) is 5.32 Å². The van der Waals surface area contributed by atoms with Gasteiger partial charge in [0, 0.05) is 0 Å². The number of carbonyl (C=O) groups excluding carboxylic acids is 1. The molecule has 0 saturated heterocycles. The predicted octanol–water partition coefficient (Wildman–Crippen LogP) is 4.06. The maximum atomic E-state index is 11.9. The Kier molecular flexibility index (Phi) is 4.82. The third-order valence-corrected chi connectivity index (χ3v) is 3.10. The zero-order chi connectivity index (χ0) is 15.2. The molecule has 4 nitrogen and oxygen atoms in total. The van der Waals surface area contributed by atoms with Crippen LogP contribution in [0, 0.1) is 13.8 Å². The molecule has 0 fully saturated rings. The topological polar surface area (TPSA) is 47.6 Å². The lowest BCUT2D eigenvalue weighted by molar-refractivity contribution is 0.155. The first-order valence-electron chi connectivity index (χ1n) is 6.73. The molecular formula is C17H19NO3. The van der Waals surface area contributed by atoms with Crippen molar-refractivity contribution in [1.82, 2.24) is 0 Å². The monoisotopic (exact) mass is 285 g/mol. The summed E-state index contributed by atoms with van der Waals surface area (Å²) in [5.41, 5.74) is 3.59. The normalized spacial score (nSPS) is 10.0. The van der Waals surface area contributed by atoms with Crippen molar-refractivity contribution in [2.24, 2.45) is 0 Å². The van der Waals surface area contributed by atoms with Gasteiger partial charge in [0.1, 0.15) is 12.4 Å². The number of hydrogen-bond acceptors (Lipinski definition) is 3. The Morgan fingerprint density at radius 3 is 2.52 bits per heavy atom. The van der Waals surface area contributed by atoms with E-state index in [-0.39, 0.29) is 6.61 Å². The highest BCUT2D eigenvalue weighted by Gasteiger charge is 2.12. The summed E-state index contributed by atoms with van der Waals surface area (Å²) in [6.45, 7) is 4.13. The summed E-state index contributed by atoms with van der Waals surface area (Å²) in [6, 6.07) is 13.4. The quantitative estimate of drug-likeness (QED) is 0.921. The average Bonchev–Trinajstić information content (AvgIpc) is 2.48. The lowest BCUT2D eigenvalue weighted by Gasteiger charge is -2.14. The van der Waals surface area contributed by atoms with Gasteiger partial charge in [-0.15, -0.1) is 0 Å². The lowest BCUT2D eigenvalue weighted by atomic mass is 10.1. The third-order valence-electron chi connectivity index (χ3n) is 3.10. The lowest BCUT2D eigenvalue weighted by Crippen LogP contribution is -2.15. The Labute approximate surface area is 124 Å². The number of aryl methyl sites for hydroxylation is 2. The van der Waals surface area contributed by atoms with Crippen molar-refractivity contribution in [3.63, 3.8) is 0 Å². The second kappa shape index (κ2) is 6.79. The van der Waals surface area contributed by atoms with E-state index >= 15 is 0 Å². The van der Waals surface area contributed by atoms with E-state index in [1.165, 1.54) is 0 Å². The Morgan fingerprint density at radius 1 is 1.14 bits per heavy atom. The summed E-state index contributed by atoms with van der Waals surface area (Å²) < 4.78 is 10.5. The van der Waals surface area contributed by atoms with Crippen molar-refractivity contribution in [2.75, 3.05) is 12.4 Å². The number of ether oxygens (including phenoxy) is 2. The van der Waals surface area contributed by atoms with Gasteiger partial charge in [0.05, 0.1) is 12.8 Å². The second-order valence-electron chi connectivity index (χ2n) is 4.85. The molecule has 2 rings (SSSR count). The number of anilines is 1. The molecule has 1 amide bonds. The molecule has 0 heterocycles. The summed E-state index contributed by atoms with van der Waals surface area (Å²) in [5, 5.41) is 2.74. The molecule has 21 heavy (non-hydrogen) atoms. The molecule has 0 aliphatic heterocycles. The molecule has 0 spiro atoms. The van der Waals surface area contributed by atoms with E-state index in [1.807, 2.05) is 56.3 Å². The first kappa shape index (κ1) is 14.9. The smallest absolute Gasteiger partial charge is 0.412 e. The van der Waals surface area contributed by atoms with Crippen LogP contribution < -0.4 is 10.1 Å². The van der Waals surface area contributed by atoms with Gasteiger partial charge in [-0.3, -0.25) is 5.32 Å². The Balaban J connectivity index is 2.03. The standard InChI is InChI=1S/C17H19NO3/c1-12-9-13(2)16(15(10-12)20-3)18-17(19)21-11-14-7-5-4-6-8-14/h4-10H,11H2,1-3H3,(H,18,19). The van der Waals surface area contributed by atoms with Crippen molar-refractivity contribution in [3.8, 4) is 5.75 Å². The minimum absolute atomic E-state index is 0.236. The molecule has 0 bridgehead atoms. The summed E-state index contributed by atoms with van der Waals surface area (Å²) in [6.07, 6.45) is -0.496. The number of methoxy groups -OCH3 is 1. The summed E-state index contributed by atoms with van der Waals surface area (Å²) in [4.78, 5) is 11.9. The van der Waals surface area contributed by atoms with Gasteiger partial charge in [0.25, 0.3) is 0 Å². The largest absolute Gasteiger partial charge is 0.495 e. The highest BCUT2D eigenvalue weighted by Crippen LogP contribution is 2.29. The van der Waals surface area contributed by atoms with Crippen molar-refractivity contribution >= 4 is 11.8 Å². The first-order chi connectivity index (χ1) is 10.1. The number of benzene rings is 2. The van der Waals surface area contributed by atoms with Crippen LogP contribution in [-0.4, -0.2) is 13.2 Å². The van der Waals surface area contributed by atoms with Crippen LogP contribution in [0.15, 0.2) is 42.5 Å². The van der Waals surface area contributed by atoms with Gasteiger partial charge >= 0.3 is 6.09 Å². The van der Waals surface area contributed by atoms with Crippen molar-refractivity contribution in [3.05, 3.63) is 59.2 Å². The summed E-state index contributed by atoms with van der Waals surface area (Å²) in [7, 11) is 1.58. The highest BCUT2D eigenvalue weighted by molar-refractivity contribution is 5.88. The van der Waals surface area contributed by atoms with Crippen molar-refractivity contribution in [2.45, 2.75) is 20.5 Å². The molecular weight excluding hydrogens is 266 g/mol. The fraction of sp³-hybridized carbons (Fsp3) is 0.235. The van der Waals surface area contributed by atoms with Gasteiger partial charge < -0.3 is 9.47 Å². The maximum Gasteiger partial charge on any atom is 0.412 e. The second-order valence-corrected chi connectivity index (χ2v) is 4.85. The van der Waals surface area contributed by atoms with E-state index in [1.54, 1.807) is 7.11 Å². The molecule has 0 saturated carbocycles. The summed E-state index contributed by atoms with van der Waals surface area (Å²) in [5.74, 6) is 0.629. The van der Waals surface area contributed by atoms with Crippen LogP contribution in [0.25, 0.3) is 0 Å². The van der Waals surface area contributed by atoms with Gasteiger partial charge in [0.2, 0.25) is 0 Å². The predicted molar refractivity (Wildman–Crippen MR) is 82.7 cm³/mol. The van der Waals surface area contributed by atoms with E-state index in [0.717, 1.165) is 16.7 Å². The molecule has 2 aromatic rings. The van der Waals surface area contributed by atoms with Crippen LogP contribution in [0.5, 0.6) is 5.75 Å². The Bertz CT molecular complexity index is 623. The molecule has 0 atom stereocenters. The van der Waals surface area contributed by atoms with Gasteiger partial charge in [0.15, 0.2) is 0 Å². The van der Waals surface area contributed by atoms with Crippen LogP contribution in [0.4, 0.5) is 10.5 Å².